The Kier molecular flexibility index (Phi) is 5.94. The quantitative estimate of drug-likeness (QED) is 0.463. The number of nitrogens with one attached hydrogen (secondary N) is 2. The molecule has 178 valence electrons. The molecule has 8 heteroatoms. The van der Waals surface area contributed by atoms with Crippen molar-refractivity contribution in [2.45, 2.75) is 12.3 Å². The molecule has 3 aromatic rings. The molecular weight excluding hydrogens is 451 g/mol. The second-order valence-corrected chi connectivity index (χ2v) is 8.80. The van der Waals surface area contributed by atoms with Crippen molar-refractivity contribution in [2.24, 2.45) is 11.8 Å². The van der Waals surface area contributed by atoms with Crippen LogP contribution in [0.15, 0.2) is 66.7 Å². The Morgan fingerprint density at radius 1 is 0.971 bits per heavy atom. The van der Waals surface area contributed by atoms with E-state index in [9.17, 15) is 18.8 Å². The first-order chi connectivity index (χ1) is 16.9. The van der Waals surface area contributed by atoms with Crippen molar-refractivity contribution in [3.05, 3.63) is 89.2 Å². The molecule has 1 fully saturated rings. The second kappa shape index (κ2) is 9.21. The molecule has 2 aliphatic rings. The molecule has 5 rings (SSSR count). The first-order valence-corrected chi connectivity index (χ1v) is 11.3. The molecule has 0 aromatic heterocycles. The minimum absolute atomic E-state index is 0.0974. The summed E-state index contributed by atoms with van der Waals surface area (Å²) in [6.07, 6.45) is -0.228. The van der Waals surface area contributed by atoms with Crippen LogP contribution in [0.1, 0.15) is 33.8 Å². The highest BCUT2D eigenvalue weighted by Gasteiger charge is 2.43. The van der Waals surface area contributed by atoms with Crippen molar-refractivity contribution in [1.82, 2.24) is 5.32 Å². The molecule has 0 bridgehead atoms. The maximum atomic E-state index is 14.2. The Bertz CT molecular complexity index is 1280. The molecule has 3 aromatic carbocycles. The van der Waals surface area contributed by atoms with E-state index in [-0.39, 0.29) is 36.2 Å². The fourth-order valence-corrected chi connectivity index (χ4v) is 4.62. The van der Waals surface area contributed by atoms with Gasteiger partial charge in [0.05, 0.1) is 11.5 Å². The first kappa shape index (κ1) is 22.6. The standard InChI is InChI=1S/C27H23FN2O5/c28-24-10-9-16(12-22(24)25(31)29-13-15-11-21(15)26(32)33)30-27(34)35-14-23-19-7-3-1-5-17(19)18-6-2-4-8-20(18)23/h1-10,12,15,21,23H,11,13-14H2,(H,29,31)(H,30,34)(H,32,33)/t15-,21-/m0/s1. The number of anilines is 1. The summed E-state index contributed by atoms with van der Waals surface area (Å²) in [4.78, 5) is 35.8. The minimum Gasteiger partial charge on any atom is -0.481 e. The highest BCUT2D eigenvalue weighted by Crippen LogP contribution is 2.44. The number of carboxylic acid groups (broad SMARTS) is 1. The number of rotatable bonds is 7. The molecule has 0 heterocycles. The Hall–Kier alpha value is -4.20. The van der Waals surface area contributed by atoms with E-state index < -0.39 is 29.7 Å². The van der Waals surface area contributed by atoms with Gasteiger partial charge in [0.25, 0.3) is 5.91 Å². The summed E-state index contributed by atoms with van der Waals surface area (Å²) in [5.74, 6) is -3.03. The predicted molar refractivity (Wildman–Crippen MR) is 127 cm³/mol. The van der Waals surface area contributed by atoms with E-state index in [4.69, 9.17) is 9.84 Å². The van der Waals surface area contributed by atoms with E-state index in [0.29, 0.717) is 6.42 Å². The van der Waals surface area contributed by atoms with Gasteiger partial charge in [-0.2, -0.15) is 0 Å². The van der Waals surface area contributed by atoms with Gasteiger partial charge in [-0.15, -0.1) is 0 Å². The molecule has 7 nitrogen and oxygen atoms in total. The number of ether oxygens (including phenoxy) is 1. The van der Waals surface area contributed by atoms with Gasteiger partial charge in [-0.1, -0.05) is 48.5 Å². The Morgan fingerprint density at radius 3 is 2.26 bits per heavy atom. The zero-order valence-corrected chi connectivity index (χ0v) is 18.7. The fraction of sp³-hybridized carbons (Fsp3) is 0.222. The molecule has 35 heavy (non-hydrogen) atoms. The summed E-state index contributed by atoms with van der Waals surface area (Å²) in [5.41, 5.74) is 4.38. The smallest absolute Gasteiger partial charge is 0.411 e. The monoisotopic (exact) mass is 474 g/mol. The number of hydrogen-bond acceptors (Lipinski definition) is 4. The Labute approximate surface area is 200 Å². The number of halogens is 1. The molecule has 3 N–H and O–H groups in total. The van der Waals surface area contributed by atoms with E-state index in [2.05, 4.69) is 10.6 Å². The molecule has 1 saturated carbocycles. The third kappa shape index (κ3) is 4.59. The number of carboxylic acids is 1. The molecule has 0 saturated heterocycles. The van der Waals surface area contributed by atoms with Crippen LogP contribution in [0.25, 0.3) is 11.1 Å². The molecule has 0 spiro atoms. The zero-order valence-electron chi connectivity index (χ0n) is 18.7. The minimum atomic E-state index is -0.898. The van der Waals surface area contributed by atoms with Crippen LogP contribution in [0.4, 0.5) is 14.9 Å². The third-order valence-corrected chi connectivity index (χ3v) is 6.57. The number of benzene rings is 3. The maximum absolute atomic E-state index is 14.2. The van der Waals surface area contributed by atoms with Crippen LogP contribution in [-0.2, 0) is 9.53 Å². The number of amides is 2. The number of carbonyl (C=O) groups is 3. The lowest BCUT2D eigenvalue weighted by Crippen LogP contribution is -2.27. The molecule has 0 unspecified atom stereocenters. The van der Waals surface area contributed by atoms with Crippen molar-refractivity contribution in [3.8, 4) is 11.1 Å². The number of aliphatic carboxylic acids is 1. The number of fused-ring (bicyclic) bond motifs is 3. The second-order valence-electron chi connectivity index (χ2n) is 8.80. The fourth-order valence-electron chi connectivity index (χ4n) is 4.62. The topological polar surface area (TPSA) is 105 Å². The van der Waals surface area contributed by atoms with Gasteiger partial charge in [0.15, 0.2) is 0 Å². The van der Waals surface area contributed by atoms with Crippen LogP contribution in [0.2, 0.25) is 0 Å². The van der Waals surface area contributed by atoms with Gasteiger partial charge >= 0.3 is 12.1 Å². The number of carbonyl (C=O) groups excluding carboxylic acids is 2. The SMILES string of the molecule is O=C(Nc1ccc(F)c(C(=O)NC[C@@H]2C[C@@H]2C(=O)O)c1)OCC1c2ccccc2-c2ccccc21. The van der Waals surface area contributed by atoms with Crippen molar-refractivity contribution >= 4 is 23.7 Å². The average Bonchev–Trinajstić information content (AvgIpc) is 3.58. The molecular formula is C27H23FN2O5. The highest BCUT2D eigenvalue weighted by molar-refractivity contribution is 5.96. The van der Waals surface area contributed by atoms with Gasteiger partial charge in [-0.05, 0) is 52.8 Å². The summed E-state index contributed by atoms with van der Waals surface area (Å²) in [6.45, 7) is 0.278. The van der Waals surface area contributed by atoms with E-state index >= 15 is 0 Å². The Balaban J connectivity index is 1.21. The van der Waals surface area contributed by atoms with Crippen LogP contribution < -0.4 is 10.6 Å². The summed E-state index contributed by atoms with van der Waals surface area (Å²) in [7, 11) is 0. The van der Waals surface area contributed by atoms with Gasteiger partial charge in [0, 0.05) is 18.2 Å². The molecule has 2 aliphatic carbocycles. The maximum Gasteiger partial charge on any atom is 0.411 e. The van der Waals surface area contributed by atoms with Crippen LogP contribution in [0.5, 0.6) is 0 Å². The van der Waals surface area contributed by atoms with E-state index in [1.165, 1.54) is 12.1 Å². The van der Waals surface area contributed by atoms with E-state index in [1.807, 2.05) is 48.5 Å². The van der Waals surface area contributed by atoms with Crippen molar-refractivity contribution < 1.29 is 28.6 Å². The van der Waals surface area contributed by atoms with Gasteiger partial charge < -0.3 is 15.2 Å². The van der Waals surface area contributed by atoms with Gasteiger partial charge in [0.2, 0.25) is 0 Å². The summed E-state index contributed by atoms with van der Waals surface area (Å²) < 4.78 is 19.7. The predicted octanol–water partition coefficient (Wildman–Crippen LogP) is 4.64. The van der Waals surface area contributed by atoms with Crippen LogP contribution in [0.3, 0.4) is 0 Å². The zero-order chi connectivity index (χ0) is 24.5. The van der Waals surface area contributed by atoms with Crippen molar-refractivity contribution in [2.75, 3.05) is 18.5 Å². The van der Waals surface area contributed by atoms with Crippen LogP contribution in [0, 0.1) is 17.7 Å². The van der Waals surface area contributed by atoms with E-state index in [0.717, 1.165) is 28.3 Å². The lowest BCUT2D eigenvalue weighted by molar-refractivity contribution is -0.138. The lowest BCUT2D eigenvalue weighted by Gasteiger charge is -2.15. The largest absolute Gasteiger partial charge is 0.481 e. The van der Waals surface area contributed by atoms with Crippen molar-refractivity contribution in [1.29, 1.82) is 0 Å². The molecule has 0 radical (unpaired) electrons. The van der Waals surface area contributed by atoms with E-state index in [1.54, 1.807) is 0 Å². The van der Waals surface area contributed by atoms with Gasteiger partial charge in [-0.3, -0.25) is 14.9 Å². The first-order valence-electron chi connectivity index (χ1n) is 11.3. The third-order valence-electron chi connectivity index (χ3n) is 6.57. The molecule has 0 aliphatic heterocycles. The molecule has 2 amide bonds. The normalized spacial score (nSPS) is 17.7. The van der Waals surface area contributed by atoms with Gasteiger partial charge in [-0.25, -0.2) is 9.18 Å². The number of hydrogen-bond donors (Lipinski definition) is 3. The lowest BCUT2D eigenvalue weighted by atomic mass is 9.98. The summed E-state index contributed by atoms with van der Waals surface area (Å²) >= 11 is 0. The van der Waals surface area contributed by atoms with Gasteiger partial charge in [0.1, 0.15) is 12.4 Å². The van der Waals surface area contributed by atoms with Crippen molar-refractivity contribution in [3.63, 3.8) is 0 Å². The highest BCUT2D eigenvalue weighted by atomic mass is 19.1. The molecule has 2 atom stereocenters. The average molecular weight is 474 g/mol. The summed E-state index contributed by atoms with van der Waals surface area (Å²) in [6, 6.07) is 19.6. The van der Waals surface area contributed by atoms with Crippen LogP contribution in [-0.4, -0.2) is 36.2 Å². The summed E-state index contributed by atoms with van der Waals surface area (Å²) in [5, 5.41) is 14.1. The van der Waals surface area contributed by atoms with Crippen LogP contribution >= 0.6 is 0 Å². The Morgan fingerprint density at radius 2 is 1.63 bits per heavy atom.